The molecule has 2 N–H and O–H groups in total. The Kier molecular flexibility index (Phi) is 3.95. The number of aromatic carboxylic acids is 1. The molecule has 6 heteroatoms. The summed E-state index contributed by atoms with van der Waals surface area (Å²) in [6.45, 7) is 0. The number of ether oxygens (including phenoxy) is 1. The van der Waals surface area contributed by atoms with Gasteiger partial charge in [0.25, 0.3) is 0 Å². The zero-order valence-corrected chi connectivity index (χ0v) is 10.7. The molecule has 0 aliphatic rings. The van der Waals surface area contributed by atoms with E-state index in [1.807, 2.05) is 0 Å². The number of benzene rings is 1. The van der Waals surface area contributed by atoms with Crippen LogP contribution in [0.25, 0.3) is 0 Å². The third kappa shape index (κ3) is 2.92. The number of para-hydroxylation sites is 1. The van der Waals surface area contributed by atoms with Crippen molar-refractivity contribution in [3.63, 3.8) is 0 Å². The first-order chi connectivity index (χ1) is 9.61. The molecule has 0 saturated carbocycles. The number of carbonyl (C=O) groups is 2. The van der Waals surface area contributed by atoms with E-state index in [-0.39, 0.29) is 5.56 Å². The number of hydrogen-bond donors (Lipinski definition) is 2. The molecule has 0 bridgehead atoms. The van der Waals surface area contributed by atoms with Crippen LogP contribution in [0.3, 0.4) is 0 Å². The number of anilines is 2. The Balaban J connectivity index is 2.26. The summed E-state index contributed by atoms with van der Waals surface area (Å²) in [6, 6.07) is 9.77. The summed E-state index contributed by atoms with van der Waals surface area (Å²) < 4.78 is 4.69. The largest absolute Gasteiger partial charge is 0.478 e. The first-order valence-electron chi connectivity index (χ1n) is 5.75. The molecule has 0 amide bonds. The summed E-state index contributed by atoms with van der Waals surface area (Å²) in [7, 11) is 1.30. The molecule has 0 aliphatic carbocycles. The number of pyridine rings is 1. The van der Waals surface area contributed by atoms with Crippen molar-refractivity contribution in [1.82, 2.24) is 4.98 Å². The monoisotopic (exact) mass is 272 g/mol. The number of esters is 1. The van der Waals surface area contributed by atoms with E-state index in [0.29, 0.717) is 17.1 Å². The normalized spacial score (nSPS) is 9.85. The predicted octanol–water partition coefficient (Wildman–Crippen LogP) is 2.31. The van der Waals surface area contributed by atoms with E-state index in [2.05, 4.69) is 15.0 Å². The molecule has 0 fully saturated rings. The van der Waals surface area contributed by atoms with Gasteiger partial charge in [-0.3, -0.25) is 0 Å². The molecule has 20 heavy (non-hydrogen) atoms. The number of carbonyl (C=O) groups excluding carboxylic acids is 1. The molecule has 2 aromatic rings. The molecule has 0 radical (unpaired) electrons. The van der Waals surface area contributed by atoms with Crippen molar-refractivity contribution in [1.29, 1.82) is 0 Å². The maximum absolute atomic E-state index is 11.6. The van der Waals surface area contributed by atoms with Gasteiger partial charge in [-0.1, -0.05) is 12.1 Å². The van der Waals surface area contributed by atoms with Crippen LogP contribution in [0.15, 0.2) is 42.6 Å². The zero-order valence-electron chi connectivity index (χ0n) is 10.7. The average molecular weight is 272 g/mol. The topological polar surface area (TPSA) is 88.5 Å². The maximum Gasteiger partial charge on any atom is 0.339 e. The van der Waals surface area contributed by atoms with E-state index in [9.17, 15) is 9.59 Å². The van der Waals surface area contributed by atoms with Crippen LogP contribution >= 0.6 is 0 Å². The lowest BCUT2D eigenvalue weighted by Gasteiger charge is -2.09. The summed E-state index contributed by atoms with van der Waals surface area (Å²) in [6.07, 6.45) is 1.24. The van der Waals surface area contributed by atoms with E-state index in [1.54, 1.807) is 24.3 Å². The van der Waals surface area contributed by atoms with E-state index in [4.69, 9.17) is 5.11 Å². The van der Waals surface area contributed by atoms with Crippen molar-refractivity contribution in [3.8, 4) is 0 Å². The number of methoxy groups -OCH3 is 1. The van der Waals surface area contributed by atoms with Gasteiger partial charge in [-0.2, -0.15) is 0 Å². The lowest BCUT2D eigenvalue weighted by molar-refractivity contribution is 0.0601. The van der Waals surface area contributed by atoms with Gasteiger partial charge in [0.15, 0.2) is 0 Å². The first-order valence-corrected chi connectivity index (χ1v) is 5.75. The molecule has 0 spiro atoms. The Morgan fingerprint density at radius 2 is 1.95 bits per heavy atom. The molecule has 102 valence electrons. The van der Waals surface area contributed by atoms with Gasteiger partial charge in [-0.25, -0.2) is 14.6 Å². The minimum absolute atomic E-state index is 0.0943. The molecular formula is C14H12N2O4. The SMILES string of the molecule is COC(=O)c1ccccc1Nc1ccc(C(=O)O)cn1. The van der Waals surface area contributed by atoms with Crippen LogP contribution < -0.4 is 5.32 Å². The van der Waals surface area contributed by atoms with Gasteiger partial charge in [0.1, 0.15) is 5.82 Å². The molecule has 1 heterocycles. The smallest absolute Gasteiger partial charge is 0.339 e. The van der Waals surface area contributed by atoms with Crippen molar-refractivity contribution in [2.75, 3.05) is 12.4 Å². The Bertz CT molecular complexity index is 638. The Morgan fingerprint density at radius 1 is 1.20 bits per heavy atom. The number of aromatic nitrogens is 1. The van der Waals surface area contributed by atoms with Crippen molar-refractivity contribution in [3.05, 3.63) is 53.7 Å². The molecule has 2 rings (SSSR count). The van der Waals surface area contributed by atoms with E-state index >= 15 is 0 Å². The second-order valence-electron chi connectivity index (χ2n) is 3.90. The summed E-state index contributed by atoms with van der Waals surface area (Å²) >= 11 is 0. The Morgan fingerprint density at radius 3 is 2.55 bits per heavy atom. The summed E-state index contributed by atoms with van der Waals surface area (Å²) in [5.41, 5.74) is 1.01. The molecule has 1 aromatic carbocycles. The highest BCUT2D eigenvalue weighted by molar-refractivity contribution is 5.96. The molecule has 0 unspecified atom stereocenters. The number of hydrogen-bond acceptors (Lipinski definition) is 5. The summed E-state index contributed by atoms with van der Waals surface area (Å²) in [5.74, 6) is -1.07. The van der Waals surface area contributed by atoms with Crippen LogP contribution in [-0.4, -0.2) is 29.1 Å². The van der Waals surface area contributed by atoms with E-state index in [0.717, 1.165) is 0 Å². The van der Waals surface area contributed by atoms with Gasteiger partial charge < -0.3 is 15.2 Å². The lowest BCUT2D eigenvalue weighted by Crippen LogP contribution is -2.06. The fourth-order valence-electron chi connectivity index (χ4n) is 1.61. The standard InChI is InChI=1S/C14H12N2O4/c1-20-14(19)10-4-2-3-5-11(10)16-12-7-6-9(8-15-12)13(17)18/h2-8H,1H3,(H,15,16)(H,17,18). The van der Waals surface area contributed by atoms with Gasteiger partial charge in [0.2, 0.25) is 0 Å². The van der Waals surface area contributed by atoms with Gasteiger partial charge >= 0.3 is 11.9 Å². The fourth-order valence-corrected chi connectivity index (χ4v) is 1.61. The minimum atomic E-state index is -1.04. The van der Waals surface area contributed by atoms with Crippen LogP contribution in [0.2, 0.25) is 0 Å². The highest BCUT2D eigenvalue weighted by Gasteiger charge is 2.11. The highest BCUT2D eigenvalue weighted by Crippen LogP contribution is 2.20. The van der Waals surface area contributed by atoms with Gasteiger partial charge in [0.05, 0.1) is 23.9 Å². The zero-order chi connectivity index (χ0) is 14.5. The quantitative estimate of drug-likeness (QED) is 0.830. The fraction of sp³-hybridized carbons (Fsp3) is 0.0714. The number of carboxylic acids is 1. The molecular weight excluding hydrogens is 260 g/mol. The first kappa shape index (κ1) is 13.5. The number of rotatable bonds is 4. The summed E-state index contributed by atoms with van der Waals surface area (Å²) in [4.78, 5) is 26.3. The molecule has 0 atom stereocenters. The van der Waals surface area contributed by atoms with Crippen LogP contribution in [0, 0.1) is 0 Å². The van der Waals surface area contributed by atoms with Crippen molar-refractivity contribution in [2.24, 2.45) is 0 Å². The molecule has 0 saturated heterocycles. The molecule has 0 aliphatic heterocycles. The Labute approximate surface area is 115 Å². The minimum Gasteiger partial charge on any atom is -0.478 e. The van der Waals surface area contributed by atoms with E-state index < -0.39 is 11.9 Å². The summed E-state index contributed by atoms with van der Waals surface area (Å²) in [5, 5.41) is 11.7. The second kappa shape index (κ2) is 5.83. The predicted molar refractivity (Wildman–Crippen MR) is 72.3 cm³/mol. The second-order valence-corrected chi connectivity index (χ2v) is 3.90. The number of carboxylic acid groups (broad SMARTS) is 1. The average Bonchev–Trinajstić information content (AvgIpc) is 2.47. The third-order valence-corrected chi connectivity index (χ3v) is 2.61. The van der Waals surface area contributed by atoms with Crippen LogP contribution in [-0.2, 0) is 4.74 Å². The third-order valence-electron chi connectivity index (χ3n) is 2.61. The Hall–Kier alpha value is -2.89. The van der Waals surface area contributed by atoms with Crippen LogP contribution in [0.5, 0.6) is 0 Å². The van der Waals surface area contributed by atoms with Crippen LogP contribution in [0.4, 0.5) is 11.5 Å². The highest BCUT2D eigenvalue weighted by atomic mass is 16.5. The van der Waals surface area contributed by atoms with Crippen molar-refractivity contribution in [2.45, 2.75) is 0 Å². The van der Waals surface area contributed by atoms with Gasteiger partial charge in [0, 0.05) is 6.20 Å². The molecule has 1 aromatic heterocycles. The number of nitrogens with zero attached hydrogens (tertiary/aromatic N) is 1. The van der Waals surface area contributed by atoms with Gasteiger partial charge in [-0.05, 0) is 24.3 Å². The van der Waals surface area contributed by atoms with Crippen LogP contribution in [0.1, 0.15) is 20.7 Å². The van der Waals surface area contributed by atoms with Crippen molar-refractivity contribution >= 4 is 23.4 Å². The van der Waals surface area contributed by atoms with Crippen molar-refractivity contribution < 1.29 is 19.4 Å². The lowest BCUT2D eigenvalue weighted by atomic mass is 10.2. The maximum atomic E-state index is 11.6. The van der Waals surface area contributed by atoms with E-state index in [1.165, 1.54) is 25.4 Å². The van der Waals surface area contributed by atoms with Gasteiger partial charge in [-0.15, -0.1) is 0 Å². The number of nitrogens with one attached hydrogen (secondary N) is 1. The molecule has 6 nitrogen and oxygen atoms in total.